The Kier molecular flexibility index (Phi) is 6.32. The SMILES string of the molecule is Cc1ccc(C)c(OC2CCN(C(=O)c3ccccc3N)CC2)c1.Cl. The van der Waals surface area contributed by atoms with Gasteiger partial charge in [0.2, 0.25) is 0 Å². The molecule has 5 heteroatoms. The van der Waals surface area contributed by atoms with Gasteiger partial charge in [0.05, 0.1) is 5.56 Å². The monoisotopic (exact) mass is 360 g/mol. The van der Waals surface area contributed by atoms with Gasteiger partial charge in [-0.15, -0.1) is 12.4 Å². The van der Waals surface area contributed by atoms with Crippen molar-refractivity contribution in [2.75, 3.05) is 18.8 Å². The minimum absolute atomic E-state index is 0. The molecule has 0 saturated carbocycles. The fraction of sp³-hybridized carbons (Fsp3) is 0.350. The van der Waals surface area contributed by atoms with E-state index in [4.69, 9.17) is 10.5 Å². The van der Waals surface area contributed by atoms with Crippen LogP contribution >= 0.6 is 12.4 Å². The van der Waals surface area contributed by atoms with Crippen LogP contribution in [-0.2, 0) is 0 Å². The standard InChI is InChI=1S/C20H24N2O2.ClH/c1-14-7-8-15(2)19(13-14)24-16-9-11-22(12-10-16)20(23)17-5-3-4-6-18(17)21;/h3-8,13,16H,9-12,21H2,1-2H3;1H. The van der Waals surface area contributed by atoms with Crippen molar-refractivity contribution in [1.29, 1.82) is 0 Å². The maximum absolute atomic E-state index is 12.6. The smallest absolute Gasteiger partial charge is 0.255 e. The van der Waals surface area contributed by atoms with Crippen LogP contribution < -0.4 is 10.5 Å². The second-order valence-corrected chi connectivity index (χ2v) is 6.47. The number of nitrogens with zero attached hydrogens (tertiary/aromatic N) is 1. The first-order valence-corrected chi connectivity index (χ1v) is 8.42. The number of likely N-dealkylation sites (tertiary alicyclic amines) is 1. The second-order valence-electron chi connectivity index (χ2n) is 6.47. The molecule has 3 rings (SSSR count). The minimum Gasteiger partial charge on any atom is -0.490 e. The molecule has 25 heavy (non-hydrogen) atoms. The zero-order chi connectivity index (χ0) is 17.1. The number of halogens is 1. The van der Waals surface area contributed by atoms with Gasteiger partial charge in [-0.05, 0) is 43.2 Å². The number of amides is 1. The lowest BCUT2D eigenvalue weighted by atomic mass is 10.0. The zero-order valence-electron chi connectivity index (χ0n) is 14.7. The van der Waals surface area contributed by atoms with Gasteiger partial charge in [0.25, 0.3) is 5.91 Å². The summed E-state index contributed by atoms with van der Waals surface area (Å²) < 4.78 is 6.16. The van der Waals surface area contributed by atoms with Crippen molar-refractivity contribution in [2.24, 2.45) is 0 Å². The van der Waals surface area contributed by atoms with Gasteiger partial charge in [0.15, 0.2) is 0 Å². The van der Waals surface area contributed by atoms with Crippen LogP contribution in [0.3, 0.4) is 0 Å². The molecule has 1 fully saturated rings. The molecule has 2 N–H and O–H groups in total. The van der Waals surface area contributed by atoms with Crippen molar-refractivity contribution in [2.45, 2.75) is 32.8 Å². The van der Waals surface area contributed by atoms with Gasteiger partial charge < -0.3 is 15.4 Å². The van der Waals surface area contributed by atoms with Crippen LogP contribution in [0.1, 0.15) is 34.3 Å². The molecular formula is C20H25ClN2O2. The number of benzene rings is 2. The van der Waals surface area contributed by atoms with Crippen molar-refractivity contribution in [3.8, 4) is 5.75 Å². The third kappa shape index (κ3) is 4.45. The van der Waals surface area contributed by atoms with E-state index in [0.29, 0.717) is 24.3 Å². The van der Waals surface area contributed by atoms with E-state index in [1.165, 1.54) is 5.56 Å². The zero-order valence-corrected chi connectivity index (χ0v) is 15.5. The van der Waals surface area contributed by atoms with Crippen LogP contribution in [0.15, 0.2) is 42.5 Å². The van der Waals surface area contributed by atoms with E-state index in [1.54, 1.807) is 12.1 Å². The first-order valence-electron chi connectivity index (χ1n) is 8.42. The molecule has 1 aliphatic rings. The molecule has 2 aromatic carbocycles. The Morgan fingerprint density at radius 2 is 1.80 bits per heavy atom. The number of ether oxygens (including phenoxy) is 1. The van der Waals surface area contributed by atoms with Crippen LogP contribution in [0.4, 0.5) is 5.69 Å². The number of carbonyl (C=O) groups is 1. The fourth-order valence-corrected chi connectivity index (χ4v) is 3.05. The highest BCUT2D eigenvalue weighted by atomic mass is 35.5. The van der Waals surface area contributed by atoms with Gasteiger partial charge in [0.1, 0.15) is 11.9 Å². The van der Waals surface area contributed by atoms with Gasteiger partial charge in [0, 0.05) is 31.6 Å². The molecule has 1 saturated heterocycles. The van der Waals surface area contributed by atoms with Crippen molar-refractivity contribution >= 4 is 24.0 Å². The summed E-state index contributed by atoms with van der Waals surface area (Å²) in [6, 6.07) is 13.5. The van der Waals surface area contributed by atoms with E-state index < -0.39 is 0 Å². The average molecular weight is 361 g/mol. The molecule has 0 atom stereocenters. The highest BCUT2D eigenvalue weighted by Gasteiger charge is 2.25. The minimum atomic E-state index is 0. The highest BCUT2D eigenvalue weighted by Crippen LogP contribution is 2.25. The Hall–Kier alpha value is -2.20. The average Bonchev–Trinajstić information content (AvgIpc) is 2.59. The predicted octanol–water partition coefficient (Wildman–Crippen LogP) is 3.99. The van der Waals surface area contributed by atoms with Crippen LogP contribution in [0, 0.1) is 13.8 Å². The highest BCUT2D eigenvalue weighted by molar-refractivity contribution is 5.99. The molecule has 1 heterocycles. The van der Waals surface area contributed by atoms with E-state index >= 15 is 0 Å². The van der Waals surface area contributed by atoms with Crippen molar-refractivity contribution in [3.05, 3.63) is 59.2 Å². The van der Waals surface area contributed by atoms with Crippen molar-refractivity contribution < 1.29 is 9.53 Å². The Morgan fingerprint density at radius 1 is 1.12 bits per heavy atom. The largest absolute Gasteiger partial charge is 0.490 e. The molecule has 1 amide bonds. The first-order chi connectivity index (χ1) is 11.5. The summed E-state index contributed by atoms with van der Waals surface area (Å²) in [6.07, 6.45) is 1.83. The van der Waals surface area contributed by atoms with Crippen molar-refractivity contribution in [1.82, 2.24) is 4.90 Å². The summed E-state index contributed by atoms with van der Waals surface area (Å²) in [7, 11) is 0. The fourth-order valence-electron chi connectivity index (χ4n) is 3.05. The Bertz CT molecular complexity index is 740. The number of anilines is 1. The molecule has 0 radical (unpaired) electrons. The predicted molar refractivity (Wildman–Crippen MR) is 104 cm³/mol. The van der Waals surface area contributed by atoms with Crippen LogP contribution in [0.2, 0.25) is 0 Å². The van der Waals surface area contributed by atoms with Gasteiger partial charge in [-0.2, -0.15) is 0 Å². The van der Waals surface area contributed by atoms with E-state index in [1.807, 2.05) is 17.0 Å². The number of hydrogen-bond acceptors (Lipinski definition) is 3. The van der Waals surface area contributed by atoms with Crippen LogP contribution in [-0.4, -0.2) is 30.0 Å². The molecule has 4 nitrogen and oxygen atoms in total. The van der Waals surface area contributed by atoms with Gasteiger partial charge in [-0.3, -0.25) is 4.79 Å². The number of nitrogen functional groups attached to an aromatic ring is 1. The second kappa shape index (κ2) is 8.26. The van der Waals surface area contributed by atoms with Crippen LogP contribution in [0.5, 0.6) is 5.75 Å². The summed E-state index contributed by atoms with van der Waals surface area (Å²) in [5.41, 5.74) is 9.39. The number of aryl methyl sites for hydroxylation is 2. The van der Waals surface area contributed by atoms with Crippen molar-refractivity contribution in [3.63, 3.8) is 0 Å². The van der Waals surface area contributed by atoms with Gasteiger partial charge in [-0.25, -0.2) is 0 Å². The number of piperidine rings is 1. The lowest BCUT2D eigenvalue weighted by Crippen LogP contribution is -2.42. The Labute approximate surface area is 155 Å². The Morgan fingerprint density at radius 3 is 2.48 bits per heavy atom. The molecule has 0 spiro atoms. The van der Waals surface area contributed by atoms with Gasteiger partial charge >= 0.3 is 0 Å². The summed E-state index contributed by atoms with van der Waals surface area (Å²) in [6.45, 7) is 5.52. The summed E-state index contributed by atoms with van der Waals surface area (Å²) >= 11 is 0. The van der Waals surface area contributed by atoms with Gasteiger partial charge in [-0.1, -0.05) is 24.3 Å². The van der Waals surface area contributed by atoms with Crippen LogP contribution in [0.25, 0.3) is 0 Å². The molecule has 134 valence electrons. The normalized spacial score (nSPS) is 14.7. The number of carbonyl (C=O) groups excluding carboxylic acids is 1. The quantitative estimate of drug-likeness (QED) is 0.842. The molecule has 0 unspecified atom stereocenters. The summed E-state index contributed by atoms with van der Waals surface area (Å²) in [5.74, 6) is 0.963. The van der Waals surface area contributed by atoms with E-state index in [-0.39, 0.29) is 24.4 Å². The lowest BCUT2D eigenvalue weighted by Gasteiger charge is -2.32. The number of para-hydroxylation sites is 1. The van der Waals surface area contributed by atoms with E-state index in [2.05, 4.69) is 32.0 Å². The maximum atomic E-state index is 12.6. The summed E-state index contributed by atoms with van der Waals surface area (Å²) in [5, 5.41) is 0. The topological polar surface area (TPSA) is 55.6 Å². The third-order valence-electron chi connectivity index (χ3n) is 4.56. The third-order valence-corrected chi connectivity index (χ3v) is 4.56. The van der Waals surface area contributed by atoms with E-state index in [0.717, 1.165) is 24.2 Å². The molecule has 0 aliphatic carbocycles. The number of rotatable bonds is 3. The number of nitrogens with two attached hydrogens (primary N) is 1. The number of hydrogen-bond donors (Lipinski definition) is 1. The molecule has 0 aromatic heterocycles. The first kappa shape index (κ1) is 19.1. The summed E-state index contributed by atoms with van der Waals surface area (Å²) in [4.78, 5) is 14.5. The maximum Gasteiger partial charge on any atom is 0.255 e. The Balaban J connectivity index is 0.00000225. The lowest BCUT2D eigenvalue weighted by molar-refractivity contribution is 0.0595. The molecular weight excluding hydrogens is 336 g/mol. The molecule has 2 aromatic rings. The molecule has 1 aliphatic heterocycles. The van der Waals surface area contributed by atoms with E-state index in [9.17, 15) is 4.79 Å². The molecule has 0 bridgehead atoms.